The maximum absolute atomic E-state index is 12.5. The number of carboxylic acids is 1. The molecule has 8 heteroatoms. The van der Waals surface area contributed by atoms with Gasteiger partial charge in [0.05, 0.1) is 12.2 Å². The number of carbonyl (C=O) groups is 2. The molecule has 0 bridgehead atoms. The SMILES string of the molecule is CC.C[C@@H]1C[C@H](C)C[C@H]([C@@H](O)Cc2cccc(O)c2C(=O)O)CC(=O)[C@H](O)[C@H](O)[C@H](O)C1. The number of carbonyl (C=O) groups excluding carboxylic acids is 1. The monoisotopic (exact) mass is 454 g/mol. The number of benzene rings is 1. The lowest BCUT2D eigenvalue weighted by molar-refractivity contribution is -0.140. The minimum Gasteiger partial charge on any atom is -0.507 e. The van der Waals surface area contributed by atoms with Gasteiger partial charge in [-0.2, -0.15) is 0 Å². The molecular formula is C24H38O8. The summed E-state index contributed by atoms with van der Waals surface area (Å²) in [5.41, 5.74) is -0.0476. The second-order valence-corrected chi connectivity index (χ2v) is 8.74. The molecule has 1 aliphatic carbocycles. The van der Waals surface area contributed by atoms with Crippen LogP contribution in [0.3, 0.4) is 0 Å². The van der Waals surface area contributed by atoms with Gasteiger partial charge in [-0.25, -0.2) is 4.79 Å². The Morgan fingerprint density at radius 1 is 1.06 bits per heavy atom. The van der Waals surface area contributed by atoms with Crippen molar-refractivity contribution in [3.63, 3.8) is 0 Å². The Balaban J connectivity index is 0.00000249. The number of Topliss-reactive ketones (excluding diaryl/α,β-unsaturated/α-hetero) is 1. The number of aliphatic hydroxyl groups excluding tert-OH is 4. The number of ketones is 1. The maximum atomic E-state index is 12.5. The predicted octanol–water partition coefficient (Wildman–Crippen LogP) is 2.13. The van der Waals surface area contributed by atoms with Crippen LogP contribution in [0.4, 0.5) is 0 Å². The molecule has 32 heavy (non-hydrogen) atoms. The molecule has 0 spiro atoms. The molecule has 2 rings (SSSR count). The number of hydrogen-bond donors (Lipinski definition) is 6. The van der Waals surface area contributed by atoms with Gasteiger partial charge in [0.25, 0.3) is 0 Å². The predicted molar refractivity (Wildman–Crippen MR) is 119 cm³/mol. The summed E-state index contributed by atoms with van der Waals surface area (Å²) in [4.78, 5) is 24.0. The molecule has 6 N–H and O–H groups in total. The number of rotatable bonds is 4. The van der Waals surface area contributed by atoms with Gasteiger partial charge in [0.15, 0.2) is 5.78 Å². The molecule has 1 aromatic carbocycles. The third kappa shape index (κ3) is 7.55. The van der Waals surface area contributed by atoms with E-state index in [1.54, 1.807) is 0 Å². The van der Waals surface area contributed by atoms with Crippen LogP contribution in [0, 0.1) is 17.8 Å². The fourth-order valence-electron chi connectivity index (χ4n) is 4.50. The molecule has 0 heterocycles. The minimum absolute atomic E-state index is 0.0347. The molecule has 0 aliphatic heterocycles. The van der Waals surface area contributed by atoms with E-state index < -0.39 is 47.8 Å². The van der Waals surface area contributed by atoms with Crippen LogP contribution in [0.5, 0.6) is 5.75 Å². The van der Waals surface area contributed by atoms with Crippen molar-refractivity contribution in [2.75, 3.05) is 0 Å². The number of aliphatic hydroxyl groups is 4. The number of aromatic hydroxyl groups is 1. The maximum Gasteiger partial charge on any atom is 0.339 e. The van der Waals surface area contributed by atoms with Crippen LogP contribution in [-0.2, 0) is 11.2 Å². The third-order valence-corrected chi connectivity index (χ3v) is 5.98. The zero-order chi connectivity index (χ0) is 24.6. The Hall–Kier alpha value is -2.00. The third-order valence-electron chi connectivity index (χ3n) is 5.98. The van der Waals surface area contributed by atoms with Gasteiger partial charge in [-0.05, 0) is 55.1 Å². The Labute approximate surface area is 189 Å². The van der Waals surface area contributed by atoms with E-state index >= 15 is 0 Å². The van der Waals surface area contributed by atoms with E-state index in [-0.39, 0.29) is 42.2 Å². The Kier molecular flexibility index (Phi) is 11.3. The van der Waals surface area contributed by atoms with E-state index in [4.69, 9.17) is 0 Å². The summed E-state index contributed by atoms with van der Waals surface area (Å²) in [7, 11) is 0. The molecule has 0 aromatic heterocycles. The average molecular weight is 455 g/mol. The van der Waals surface area contributed by atoms with E-state index in [2.05, 4.69) is 0 Å². The zero-order valence-corrected chi connectivity index (χ0v) is 19.3. The van der Waals surface area contributed by atoms with E-state index in [0.717, 1.165) is 0 Å². The van der Waals surface area contributed by atoms with E-state index in [0.29, 0.717) is 12.8 Å². The van der Waals surface area contributed by atoms with Crippen molar-refractivity contribution in [2.45, 2.75) is 84.2 Å². The molecule has 7 atom stereocenters. The van der Waals surface area contributed by atoms with Gasteiger partial charge in [0.2, 0.25) is 0 Å². The quantitative estimate of drug-likeness (QED) is 0.404. The molecule has 1 aliphatic rings. The van der Waals surface area contributed by atoms with Gasteiger partial charge in [-0.3, -0.25) is 4.79 Å². The van der Waals surface area contributed by atoms with Gasteiger partial charge in [-0.1, -0.05) is 39.8 Å². The van der Waals surface area contributed by atoms with Crippen LogP contribution in [-0.4, -0.2) is 66.8 Å². The van der Waals surface area contributed by atoms with E-state index in [1.807, 2.05) is 27.7 Å². The summed E-state index contributed by atoms with van der Waals surface area (Å²) in [6.07, 6.45) is -4.58. The highest BCUT2D eigenvalue weighted by atomic mass is 16.4. The van der Waals surface area contributed by atoms with Crippen molar-refractivity contribution in [3.8, 4) is 5.75 Å². The molecule has 182 valence electrons. The van der Waals surface area contributed by atoms with Crippen LogP contribution >= 0.6 is 0 Å². The molecular weight excluding hydrogens is 416 g/mol. The van der Waals surface area contributed by atoms with E-state index in [1.165, 1.54) is 18.2 Å². The normalized spacial score (nSPS) is 30.4. The summed E-state index contributed by atoms with van der Waals surface area (Å²) < 4.78 is 0. The Bertz CT molecular complexity index is 750. The largest absolute Gasteiger partial charge is 0.507 e. The molecule has 0 saturated heterocycles. The van der Waals surface area contributed by atoms with Crippen LogP contribution in [0.2, 0.25) is 0 Å². The molecule has 0 radical (unpaired) electrons. The molecule has 0 amide bonds. The molecule has 1 aromatic rings. The fraction of sp³-hybridized carbons (Fsp3) is 0.667. The first-order valence-electron chi connectivity index (χ1n) is 11.3. The number of carboxylic acid groups (broad SMARTS) is 1. The minimum atomic E-state index is -1.76. The molecule has 1 fully saturated rings. The summed E-state index contributed by atoms with van der Waals surface area (Å²) in [6.45, 7) is 7.88. The highest BCUT2D eigenvalue weighted by Gasteiger charge is 2.35. The summed E-state index contributed by atoms with van der Waals surface area (Å²) >= 11 is 0. The molecule has 1 saturated carbocycles. The van der Waals surface area contributed by atoms with Gasteiger partial charge in [0, 0.05) is 6.42 Å². The second kappa shape index (κ2) is 12.9. The van der Waals surface area contributed by atoms with Crippen molar-refractivity contribution in [3.05, 3.63) is 29.3 Å². The van der Waals surface area contributed by atoms with Gasteiger partial charge >= 0.3 is 5.97 Å². The lowest BCUT2D eigenvalue weighted by Crippen LogP contribution is -2.43. The number of aromatic carboxylic acids is 1. The zero-order valence-electron chi connectivity index (χ0n) is 19.3. The van der Waals surface area contributed by atoms with Crippen molar-refractivity contribution in [1.82, 2.24) is 0 Å². The van der Waals surface area contributed by atoms with Crippen molar-refractivity contribution in [1.29, 1.82) is 0 Å². The van der Waals surface area contributed by atoms with Crippen LogP contribution in [0.25, 0.3) is 0 Å². The lowest BCUT2D eigenvalue weighted by Gasteiger charge is -2.27. The van der Waals surface area contributed by atoms with Crippen LogP contribution in [0.15, 0.2) is 18.2 Å². The topological polar surface area (TPSA) is 156 Å². The van der Waals surface area contributed by atoms with Crippen molar-refractivity contribution in [2.24, 2.45) is 17.8 Å². The lowest BCUT2D eigenvalue weighted by atomic mass is 9.81. The number of phenols is 1. The van der Waals surface area contributed by atoms with Gasteiger partial charge in [-0.15, -0.1) is 0 Å². The summed E-state index contributed by atoms with van der Waals surface area (Å²) in [6, 6.07) is 4.24. The summed E-state index contributed by atoms with van der Waals surface area (Å²) in [5.74, 6) is -2.85. The smallest absolute Gasteiger partial charge is 0.339 e. The average Bonchev–Trinajstić information content (AvgIpc) is 2.73. The first-order chi connectivity index (χ1) is 15.0. The Morgan fingerprint density at radius 2 is 1.66 bits per heavy atom. The van der Waals surface area contributed by atoms with Crippen molar-refractivity contribution >= 4 is 11.8 Å². The highest BCUT2D eigenvalue weighted by molar-refractivity contribution is 5.92. The van der Waals surface area contributed by atoms with Crippen LogP contribution in [0.1, 0.15) is 69.3 Å². The van der Waals surface area contributed by atoms with E-state index in [9.17, 15) is 40.2 Å². The first-order valence-corrected chi connectivity index (χ1v) is 11.3. The standard InChI is InChI=1S/C22H32O8.C2H6/c1-11-6-12(2)8-17(25)20(27)21(28)18(26)10-14(7-11)16(24)9-13-4-3-5-15(23)19(13)22(29)30;1-2/h3-5,11-12,14,16-17,20-21,23-25,27-28H,6-10H2,1-2H3,(H,29,30);1-2H3/t11-,12+,14-,16-,17+,20+,21-;/m0./s1. The summed E-state index contributed by atoms with van der Waals surface area (Å²) in [5, 5.41) is 60.5. The number of hydrogen-bond acceptors (Lipinski definition) is 7. The van der Waals surface area contributed by atoms with Gasteiger partial charge < -0.3 is 30.6 Å². The Morgan fingerprint density at radius 3 is 2.25 bits per heavy atom. The fourth-order valence-corrected chi connectivity index (χ4v) is 4.50. The van der Waals surface area contributed by atoms with Crippen molar-refractivity contribution < 1.29 is 40.2 Å². The first kappa shape index (κ1) is 28.0. The van der Waals surface area contributed by atoms with Crippen LogP contribution < -0.4 is 0 Å². The van der Waals surface area contributed by atoms with Gasteiger partial charge in [0.1, 0.15) is 23.5 Å². The highest BCUT2D eigenvalue weighted by Crippen LogP contribution is 2.31. The molecule has 8 nitrogen and oxygen atoms in total. The second-order valence-electron chi connectivity index (χ2n) is 8.74. The molecule has 0 unspecified atom stereocenters.